The van der Waals surface area contributed by atoms with Crippen LogP contribution >= 0.6 is 0 Å². The van der Waals surface area contributed by atoms with E-state index >= 15 is 0 Å². The van der Waals surface area contributed by atoms with Crippen molar-refractivity contribution in [2.24, 2.45) is 5.92 Å². The molecule has 0 aromatic heterocycles. The Morgan fingerprint density at radius 1 is 0.923 bits per heavy atom. The molecular formula is C19H34O6Si. The van der Waals surface area contributed by atoms with E-state index in [2.05, 4.69) is 10.8 Å². The van der Waals surface area contributed by atoms with Crippen molar-refractivity contribution in [1.82, 2.24) is 0 Å². The SMILES string of the molecule is CO[Si](CCCCCCCCCC=CCC1CC(=O)OC1=O)(OC)OC. The number of rotatable bonds is 15. The standard InChI is InChI=1S/C19H34O6Si/c1-22-26(23-2,24-3)15-13-11-9-7-5-4-6-8-10-12-14-17-16-18(20)25-19(17)21/h10,12,17H,4-9,11,13-16H2,1-3H3. The van der Waals surface area contributed by atoms with Gasteiger partial charge in [-0.3, -0.25) is 9.59 Å². The van der Waals surface area contributed by atoms with E-state index in [1.54, 1.807) is 21.3 Å². The van der Waals surface area contributed by atoms with Crippen molar-refractivity contribution < 1.29 is 27.6 Å². The Bertz CT molecular complexity index is 439. The lowest BCUT2D eigenvalue weighted by molar-refractivity contribution is -0.153. The molecule has 0 spiro atoms. The molecule has 0 N–H and O–H groups in total. The van der Waals surface area contributed by atoms with Crippen molar-refractivity contribution in [3.63, 3.8) is 0 Å². The summed E-state index contributed by atoms with van der Waals surface area (Å²) in [6, 6.07) is 0.876. The monoisotopic (exact) mass is 386 g/mol. The average molecular weight is 387 g/mol. The van der Waals surface area contributed by atoms with Crippen LogP contribution in [-0.4, -0.2) is 42.1 Å². The van der Waals surface area contributed by atoms with Crippen LogP contribution < -0.4 is 0 Å². The van der Waals surface area contributed by atoms with Crippen LogP contribution in [0.2, 0.25) is 6.04 Å². The van der Waals surface area contributed by atoms with Crippen molar-refractivity contribution in [2.45, 2.75) is 70.3 Å². The van der Waals surface area contributed by atoms with E-state index in [1.165, 1.54) is 32.1 Å². The van der Waals surface area contributed by atoms with Gasteiger partial charge >= 0.3 is 20.7 Å². The lowest BCUT2D eigenvalue weighted by Gasteiger charge is -2.24. The zero-order valence-electron chi connectivity index (χ0n) is 16.5. The molecule has 0 aromatic rings. The van der Waals surface area contributed by atoms with Gasteiger partial charge in [-0.2, -0.15) is 0 Å². The smallest absolute Gasteiger partial charge is 0.393 e. The molecule has 1 fully saturated rings. The Morgan fingerprint density at radius 3 is 2.04 bits per heavy atom. The third-order valence-corrected chi connectivity index (χ3v) is 7.67. The molecule has 0 aliphatic carbocycles. The highest BCUT2D eigenvalue weighted by Gasteiger charge is 2.36. The van der Waals surface area contributed by atoms with Gasteiger partial charge in [-0.15, -0.1) is 0 Å². The van der Waals surface area contributed by atoms with Gasteiger partial charge in [-0.25, -0.2) is 0 Å². The summed E-state index contributed by atoms with van der Waals surface area (Å²) in [6.45, 7) is 0. The Kier molecular flexibility index (Phi) is 11.7. The maximum Gasteiger partial charge on any atom is 0.500 e. The van der Waals surface area contributed by atoms with Gasteiger partial charge < -0.3 is 18.0 Å². The Morgan fingerprint density at radius 2 is 1.50 bits per heavy atom. The zero-order valence-corrected chi connectivity index (χ0v) is 17.5. The van der Waals surface area contributed by atoms with Gasteiger partial charge in [0.05, 0.1) is 12.3 Å². The van der Waals surface area contributed by atoms with Gasteiger partial charge in [0.1, 0.15) is 0 Å². The quantitative estimate of drug-likeness (QED) is 0.139. The maximum absolute atomic E-state index is 11.3. The van der Waals surface area contributed by atoms with E-state index in [0.717, 1.165) is 25.3 Å². The fourth-order valence-corrected chi connectivity index (χ4v) is 4.92. The predicted octanol–water partition coefficient (Wildman–Crippen LogP) is 4.02. The average Bonchev–Trinajstić information content (AvgIpc) is 2.97. The van der Waals surface area contributed by atoms with Crippen LogP contribution in [-0.2, 0) is 27.6 Å². The summed E-state index contributed by atoms with van der Waals surface area (Å²) < 4.78 is 20.8. The number of hydrogen-bond donors (Lipinski definition) is 0. The predicted molar refractivity (Wildman–Crippen MR) is 101 cm³/mol. The first-order chi connectivity index (χ1) is 12.6. The van der Waals surface area contributed by atoms with Crippen molar-refractivity contribution in [1.29, 1.82) is 0 Å². The van der Waals surface area contributed by atoms with Crippen molar-refractivity contribution >= 4 is 20.7 Å². The molecule has 1 aliphatic heterocycles. The van der Waals surface area contributed by atoms with Gasteiger partial charge in [-0.1, -0.05) is 44.3 Å². The van der Waals surface area contributed by atoms with Gasteiger partial charge in [0.2, 0.25) is 0 Å². The third-order valence-electron chi connectivity index (χ3n) is 4.83. The third kappa shape index (κ3) is 8.57. The van der Waals surface area contributed by atoms with E-state index in [-0.39, 0.29) is 18.3 Å². The highest BCUT2D eigenvalue weighted by atomic mass is 28.4. The van der Waals surface area contributed by atoms with Crippen LogP contribution in [0.25, 0.3) is 0 Å². The van der Waals surface area contributed by atoms with Crippen LogP contribution in [0.1, 0.15) is 64.2 Å². The van der Waals surface area contributed by atoms with Crippen molar-refractivity contribution in [3.8, 4) is 0 Å². The molecule has 1 aliphatic rings. The number of unbranched alkanes of at least 4 members (excludes halogenated alkanes) is 7. The normalized spacial score (nSPS) is 18.0. The van der Waals surface area contributed by atoms with Crippen LogP contribution in [0.4, 0.5) is 0 Å². The Labute approximate surface area is 158 Å². The first kappa shape index (κ1) is 23.0. The molecule has 0 radical (unpaired) electrons. The lowest BCUT2D eigenvalue weighted by atomic mass is 10.0. The fourth-order valence-electron chi connectivity index (χ4n) is 3.12. The highest BCUT2D eigenvalue weighted by Crippen LogP contribution is 2.20. The summed E-state index contributed by atoms with van der Waals surface area (Å²) in [5.41, 5.74) is 0. The second-order valence-electron chi connectivity index (χ2n) is 6.71. The molecule has 1 saturated heterocycles. The largest absolute Gasteiger partial charge is 0.500 e. The first-order valence-corrected chi connectivity index (χ1v) is 11.5. The van der Waals surface area contributed by atoms with Crippen LogP contribution in [0.15, 0.2) is 12.2 Å². The summed E-state index contributed by atoms with van der Waals surface area (Å²) in [7, 11) is 2.59. The molecule has 26 heavy (non-hydrogen) atoms. The van der Waals surface area contributed by atoms with E-state index in [0.29, 0.717) is 6.42 Å². The molecule has 7 heteroatoms. The molecule has 150 valence electrons. The molecule has 0 amide bonds. The maximum atomic E-state index is 11.3. The van der Waals surface area contributed by atoms with E-state index in [4.69, 9.17) is 13.3 Å². The number of ether oxygens (including phenoxy) is 1. The minimum Gasteiger partial charge on any atom is -0.393 e. The molecule has 6 nitrogen and oxygen atoms in total. The molecule has 0 saturated carbocycles. The van der Waals surface area contributed by atoms with Crippen molar-refractivity contribution in [2.75, 3.05) is 21.3 Å². The molecule has 1 heterocycles. The van der Waals surface area contributed by atoms with Gasteiger partial charge in [-0.05, 0) is 25.7 Å². The topological polar surface area (TPSA) is 71.1 Å². The molecule has 1 unspecified atom stereocenters. The Hall–Kier alpha value is -1.02. The van der Waals surface area contributed by atoms with Crippen LogP contribution in [0, 0.1) is 5.92 Å². The van der Waals surface area contributed by atoms with E-state index in [9.17, 15) is 9.59 Å². The van der Waals surface area contributed by atoms with Gasteiger partial charge in [0.25, 0.3) is 0 Å². The Balaban J connectivity index is 1.92. The molecule has 0 aromatic carbocycles. The number of hydrogen-bond acceptors (Lipinski definition) is 6. The first-order valence-electron chi connectivity index (χ1n) is 9.62. The van der Waals surface area contributed by atoms with E-state index < -0.39 is 14.8 Å². The lowest BCUT2D eigenvalue weighted by Crippen LogP contribution is -2.42. The molecule has 1 rings (SSSR count). The van der Waals surface area contributed by atoms with Crippen LogP contribution in [0.3, 0.4) is 0 Å². The number of carbonyl (C=O) groups excluding carboxylic acids is 2. The summed E-state index contributed by atoms with van der Waals surface area (Å²) in [5.74, 6) is -1.04. The minimum atomic E-state index is -2.38. The molecule has 1 atom stereocenters. The number of cyclic esters (lactones) is 2. The second-order valence-corrected chi connectivity index (χ2v) is 9.80. The summed E-state index contributed by atoms with van der Waals surface area (Å²) >= 11 is 0. The summed E-state index contributed by atoms with van der Waals surface area (Å²) in [5, 5.41) is 0. The number of allylic oxidation sites excluding steroid dienone is 2. The summed E-state index contributed by atoms with van der Waals surface area (Å²) in [6.07, 6.45) is 14.4. The fraction of sp³-hybridized carbons (Fsp3) is 0.789. The van der Waals surface area contributed by atoms with E-state index in [1.807, 2.05) is 6.08 Å². The minimum absolute atomic E-state index is 0.228. The van der Waals surface area contributed by atoms with Gasteiger partial charge in [0.15, 0.2) is 0 Å². The zero-order chi connectivity index (χ0) is 19.3. The molecular weight excluding hydrogens is 352 g/mol. The number of esters is 2. The van der Waals surface area contributed by atoms with Gasteiger partial charge in [0, 0.05) is 27.4 Å². The summed E-state index contributed by atoms with van der Waals surface area (Å²) in [4.78, 5) is 22.3. The van der Waals surface area contributed by atoms with Crippen LogP contribution in [0.5, 0.6) is 0 Å². The highest BCUT2D eigenvalue weighted by molar-refractivity contribution is 6.60. The molecule has 0 bridgehead atoms. The second kappa shape index (κ2) is 13.2. The van der Waals surface area contributed by atoms with Crippen molar-refractivity contribution in [3.05, 3.63) is 12.2 Å². The number of carbonyl (C=O) groups is 2.